The molecule has 0 aliphatic heterocycles. The number of methoxy groups -OCH3 is 1. The lowest BCUT2D eigenvalue weighted by Gasteiger charge is -2.07. The zero-order chi connectivity index (χ0) is 19.4. The van der Waals surface area contributed by atoms with Gasteiger partial charge in [-0.15, -0.1) is 21.5 Å². The summed E-state index contributed by atoms with van der Waals surface area (Å²) in [7, 11) is 3.23. The lowest BCUT2D eigenvalue weighted by atomic mass is 10.1. The number of thiophene rings is 1. The van der Waals surface area contributed by atoms with E-state index in [4.69, 9.17) is 4.74 Å². The van der Waals surface area contributed by atoms with Crippen molar-refractivity contribution in [1.29, 1.82) is 0 Å². The molecule has 2 heterocycles. The van der Waals surface area contributed by atoms with Gasteiger partial charge in [0.2, 0.25) is 5.91 Å². The van der Waals surface area contributed by atoms with Gasteiger partial charge in [-0.3, -0.25) is 4.79 Å². The van der Waals surface area contributed by atoms with Gasteiger partial charge < -0.3 is 14.6 Å². The largest absolute Gasteiger partial charge is 0.465 e. The van der Waals surface area contributed by atoms with E-state index in [0.717, 1.165) is 16.3 Å². The van der Waals surface area contributed by atoms with Crippen LogP contribution in [0.3, 0.4) is 0 Å². The predicted molar refractivity (Wildman–Crippen MR) is 104 cm³/mol. The number of aryl methyl sites for hydroxylation is 1. The molecule has 1 amide bonds. The van der Waals surface area contributed by atoms with E-state index in [1.54, 1.807) is 0 Å². The fraction of sp³-hybridized carbons (Fsp3) is 0.529. The second kappa shape index (κ2) is 8.68. The quantitative estimate of drug-likeness (QED) is 0.570. The Labute approximate surface area is 161 Å². The number of anilines is 1. The molecule has 2 aromatic rings. The van der Waals surface area contributed by atoms with Crippen LogP contribution in [-0.2, 0) is 23.0 Å². The molecule has 0 bridgehead atoms. The minimum atomic E-state index is -0.427. The van der Waals surface area contributed by atoms with E-state index >= 15 is 0 Å². The van der Waals surface area contributed by atoms with Crippen LogP contribution in [0.25, 0.3) is 0 Å². The van der Waals surface area contributed by atoms with Crippen molar-refractivity contribution in [2.24, 2.45) is 7.05 Å². The molecule has 2 rings (SSSR count). The topological polar surface area (TPSA) is 86.1 Å². The molecular weight excluding hydrogens is 372 g/mol. The van der Waals surface area contributed by atoms with Crippen LogP contribution in [0.4, 0.5) is 5.00 Å². The van der Waals surface area contributed by atoms with Crippen molar-refractivity contribution in [3.05, 3.63) is 21.8 Å². The van der Waals surface area contributed by atoms with E-state index in [1.807, 2.05) is 39.3 Å². The molecule has 0 aromatic carbocycles. The Hall–Kier alpha value is -1.87. The van der Waals surface area contributed by atoms with Gasteiger partial charge in [-0.1, -0.05) is 32.5 Å². The highest BCUT2D eigenvalue weighted by Crippen LogP contribution is 2.34. The highest BCUT2D eigenvalue weighted by Gasteiger charge is 2.23. The van der Waals surface area contributed by atoms with Crippen LogP contribution in [0.2, 0.25) is 0 Å². The standard InChI is InChI=1S/C17H24N4O3S2/c1-7-11-10(4)26-15(13(11)16(23)24-6)18-12(22)8-25-17-20-19-14(9(2)3)21(17)5/h9H,7-8H2,1-6H3,(H,18,22). The number of carbonyl (C=O) groups excluding carboxylic acids is 2. The molecule has 0 spiro atoms. The van der Waals surface area contributed by atoms with Crippen LogP contribution in [0.15, 0.2) is 5.16 Å². The molecule has 1 N–H and O–H groups in total. The number of aromatic nitrogens is 3. The number of amides is 1. The first kappa shape index (κ1) is 20.4. The smallest absolute Gasteiger partial charge is 0.341 e. The Morgan fingerprint density at radius 2 is 2.04 bits per heavy atom. The van der Waals surface area contributed by atoms with E-state index in [-0.39, 0.29) is 17.6 Å². The van der Waals surface area contributed by atoms with Crippen molar-refractivity contribution < 1.29 is 14.3 Å². The fourth-order valence-electron chi connectivity index (χ4n) is 2.66. The Kier molecular flexibility index (Phi) is 6.82. The first-order valence-corrected chi connectivity index (χ1v) is 10.1. The van der Waals surface area contributed by atoms with Gasteiger partial charge in [0.1, 0.15) is 10.8 Å². The molecular formula is C17H24N4O3S2. The predicted octanol–water partition coefficient (Wildman–Crippen LogP) is 3.39. The highest BCUT2D eigenvalue weighted by atomic mass is 32.2. The summed E-state index contributed by atoms with van der Waals surface area (Å²) in [5, 5.41) is 12.4. The second-order valence-electron chi connectivity index (χ2n) is 6.08. The Balaban J connectivity index is 2.10. The van der Waals surface area contributed by atoms with Crippen molar-refractivity contribution in [2.45, 2.75) is 45.2 Å². The first-order chi connectivity index (χ1) is 12.3. The van der Waals surface area contributed by atoms with Gasteiger partial charge in [-0.2, -0.15) is 0 Å². The Bertz CT molecular complexity index is 811. The number of nitrogens with zero attached hydrogens (tertiary/aromatic N) is 3. The molecule has 0 saturated carbocycles. The van der Waals surface area contributed by atoms with Gasteiger partial charge in [0.15, 0.2) is 5.16 Å². The number of hydrogen-bond acceptors (Lipinski definition) is 7. The number of carbonyl (C=O) groups is 2. The summed E-state index contributed by atoms with van der Waals surface area (Å²) in [6.45, 7) is 8.00. The van der Waals surface area contributed by atoms with Crippen molar-refractivity contribution in [3.63, 3.8) is 0 Å². The van der Waals surface area contributed by atoms with Gasteiger partial charge in [-0.05, 0) is 18.9 Å². The molecule has 9 heteroatoms. The van der Waals surface area contributed by atoms with E-state index in [2.05, 4.69) is 15.5 Å². The zero-order valence-corrected chi connectivity index (χ0v) is 17.5. The minimum absolute atomic E-state index is 0.184. The molecule has 7 nitrogen and oxygen atoms in total. The Morgan fingerprint density at radius 3 is 2.58 bits per heavy atom. The second-order valence-corrected chi connectivity index (χ2v) is 8.24. The van der Waals surface area contributed by atoms with Crippen molar-refractivity contribution in [2.75, 3.05) is 18.2 Å². The molecule has 0 unspecified atom stereocenters. The van der Waals surface area contributed by atoms with Crippen LogP contribution >= 0.6 is 23.1 Å². The van der Waals surface area contributed by atoms with Crippen LogP contribution < -0.4 is 5.32 Å². The van der Waals surface area contributed by atoms with Crippen LogP contribution in [0.1, 0.15) is 53.3 Å². The lowest BCUT2D eigenvalue weighted by Crippen LogP contribution is -2.16. The third-order valence-electron chi connectivity index (χ3n) is 3.92. The molecule has 0 saturated heterocycles. The van der Waals surface area contributed by atoms with Crippen molar-refractivity contribution in [1.82, 2.24) is 14.8 Å². The zero-order valence-electron chi connectivity index (χ0n) is 15.9. The summed E-state index contributed by atoms with van der Waals surface area (Å²) in [6.07, 6.45) is 0.703. The molecule has 0 aliphatic rings. The SMILES string of the molecule is CCc1c(C)sc(NC(=O)CSc2nnc(C(C)C)n2C)c1C(=O)OC. The molecule has 0 radical (unpaired) electrons. The number of rotatable bonds is 7. The van der Waals surface area contributed by atoms with Crippen molar-refractivity contribution in [3.8, 4) is 0 Å². The maximum absolute atomic E-state index is 12.4. The molecule has 0 fully saturated rings. The molecule has 142 valence electrons. The summed E-state index contributed by atoms with van der Waals surface area (Å²) in [5.41, 5.74) is 1.37. The summed E-state index contributed by atoms with van der Waals surface area (Å²) < 4.78 is 6.77. The summed E-state index contributed by atoms with van der Waals surface area (Å²) >= 11 is 2.71. The number of thioether (sulfide) groups is 1. The van der Waals surface area contributed by atoms with Crippen LogP contribution in [0, 0.1) is 6.92 Å². The van der Waals surface area contributed by atoms with E-state index in [9.17, 15) is 9.59 Å². The third-order valence-corrected chi connectivity index (χ3v) is 6.01. The lowest BCUT2D eigenvalue weighted by molar-refractivity contribution is -0.113. The van der Waals surface area contributed by atoms with E-state index < -0.39 is 5.97 Å². The molecule has 0 atom stereocenters. The monoisotopic (exact) mass is 396 g/mol. The maximum atomic E-state index is 12.4. The van der Waals surface area contributed by atoms with Crippen molar-refractivity contribution >= 4 is 40.0 Å². The average Bonchev–Trinajstić information content (AvgIpc) is 3.11. The Morgan fingerprint density at radius 1 is 1.35 bits per heavy atom. The normalized spacial score (nSPS) is 11.0. The van der Waals surface area contributed by atoms with Crippen LogP contribution in [0.5, 0.6) is 0 Å². The van der Waals surface area contributed by atoms with Gasteiger partial charge in [0.05, 0.1) is 18.4 Å². The van der Waals surface area contributed by atoms with E-state index in [0.29, 0.717) is 22.1 Å². The third kappa shape index (κ3) is 4.27. The molecule has 2 aromatic heterocycles. The van der Waals surface area contributed by atoms with Gasteiger partial charge in [0.25, 0.3) is 0 Å². The van der Waals surface area contributed by atoms with Gasteiger partial charge in [-0.25, -0.2) is 4.79 Å². The summed E-state index contributed by atoms with van der Waals surface area (Å²) in [6, 6.07) is 0. The van der Waals surface area contributed by atoms with E-state index in [1.165, 1.54) is 30.2 Å². The minimum Gasteiger partial charge on any atom is -0.465 e. The fourth-order valence-corrected chi connectivity index (χ4v) is 4.53. The first-order valence-electron chi connectivity index (χ1n) is 8.32. The molecule has 0 aliphatic carbocycles. The number of esters is 1. The molecule has 26 heavy (non-hydrogen) atoms. The number of hydrogen-bond donors (Lipinski definition) is 1. The summed E-state index contributed by atoms with van der Waals surface area (Å²) in [5.74, 6) is 0.702. The van der Waals surface area contributed by atoms with Gasteiger partial charge >= 0.3 is 5.97 Å². The number of ether oxygens (including phenoxy) is 1. The van der Waals surface area contributed by atoms with Gasteiger partial charge in [0, 0.05) is 17.8 Å². The number of nitrogens with one attached hydrogen (secondary N) is 1. The summed E-state index contributed by atoms with van der Waals surface area (Å²) in [4.78, 5) is 25.5. The van der Waals surface area contributed by atoms with Crippen LogP contribution in [-0.4, -0.2) is 39.5 Å². The maximum Gasteiger partial charge on any atom is 0.341 e. The highest BCUT2D eigenvalue weighted by molar-refractivity contribution is 7.99. The average molecular weight is 397 g/mol.